The van der Waals surface area contributed by atoms with Crippen LogP contribution in [0.4, 0.5) is 17.2 Å². The number of hydrogen-bond acceptors (Lipinski definition) is 18. The highest BCUT2D eigenvalue weighted by atomic mass is 16.5. The number of hydrogen-bond donors (Lipinski definition) is 4. The molecule has 20 heteroatoms. The van der Waals surface area contributed by atoms with Gasteiger partial charge in [0.25, 0.3) is 5.88 Å². The van der Waals surface area contributed by atoms with E-state index in [0.717, 1.165) is 92.9 Å². The number of likely N-dealkylation sites (tertiary alicyclic amines) is 2. The van der Waals surface area contributed by atoms with Gasteiger partial charge in [-0.2, -0.15) is 0 Å². The van der Waals surface area contributed by atoms with Gasteiger partial charge in [0.05, 0.1) is 41.4 Å². The van der Waals surface area contributed by atoms with E-state index in [-0.39, 0.29) is 72.9 Å². The van der Waals surface area contributed by atoms with E-state index in [0.29, 0.717) is 53.5 Å². The van der Waals surface area contributed by atoms with Gasteiger partial charge in [-0.15, -0.1) is 10.2 Å². The largest absolute Gasteiger partial charge is 0.507 e. The van der Waals surface area contributed by atoms with Crippen LogP contribution in [0.1, 0.15) is 94.7 Å². The molecule has 6 aromatic rings. The molecule has 5 N–H and O–H groups in total. The van der Waals surface area contributed by atoms with Crippen LogP contribution < -0.4 is 30.3 Å². The van der Waals surface area contributed by atoms with Crippen molar-refractivity contribution in [3.8, 4) is 40.1 Å². The molecule has 11 rings (SSSR count). The summed E-state index contributed by atoms with van der Waals surface area (Å²) in [4.78, 5) is 45.4. The summed E-state index contributed by atoms with van der Waals surface area (Å²) >= 11 is 0. The minimum atomic E-state index is -0.846. The molecule has 20 nitrogen and oxygen atoms in total. The lowest BCUT2D eigenvalue weighted by atomic mass is 9.91. The number of para-hydroxylation sites is 1. The predicted octanol–water partition coefficient (Wildman–Crippen LogP) is 6.68. The third-order valence-electron chi connectivity index (χ3n) is 16.1. The van der Waals surface area contributed by atoms with E-state index in [1.165, 1.54) is 11.3 Å². The molecule has 1 saturated carbocycles. The van der Waals surface area contributed by atoms with Crippen LogP contribution in [0.2, 0.25) is 0 Å². The number of benzene rings is 2. The second-order valence-electron chi connectivity index (χ2n) is 21.7. The Morgan fingerprint density at radius 2 is 1.64 bits per heavy atom. The number of ether oxygens (including phenoxy) is 3. The number of nitrogens with two attached hydrogens (primary N) is 1. The van der Waals surface area contributed by atoms with E-state index in [2.05, 4.69) is 57.5 Å². The summed E-state index contributed by atoms with van der Waals surface area (Å²) in [6.45, 7) is 12.1. The quantitative estimate of drug-likeness (QED) is 0.0701. The number of amides is 2. The number of nitrogens with zero attached hydrogens (tertiary/aromatic N) is 9. The van der Waals surface area contributed by atoms with Crippen molar-refractivity contribution in [3.63, 3.8) is 0 Å². The van der Waals surface area contributed by atoms with E-state index < -0.39 is 18.1 Å². The summed E-state index contributed by atoms with van der Waals surface area (Å²) in [5, 5.41) is 36.9. The number of pyridine rings is 1. The monoisotopic (exact) mass is 1050 g/mol. The summed E-state index contributed by atoms with van der Waals surface area (Å²) in [5.41, 5.74) is 12.1. The van der Waals surface area contributed by atoms with Crippen molar-refractivity contribution in [1.82, 2.24) is 40.4 Å². The number of fused-ring (bicyclic) bond motifs is 2. The Hall–Kier alpha value is -7.29. The molecule has 2 bridgehead atoms. The lowest BCUT2D eigenvalue weighted by Crippen LogP contribution is -2.54. The van der Waals surface area contributed by atoms with Crippen molar-refractivity contribution in [1.29, 1.82) is 0 Å². The Morgan fingerprint density at radius 3 is 2.36 bits per heavy atom. The zero-order chi connectivity index (χ0) is 53.3. The summed E-state index contributed by atoms with van der Waals surface area (Å²) in [5.74, 6) is 0.963. The van der Waals surface area contributed by atoms with Crippen LogP contribution in [-0.2, 0) is 14.3 Å². The van der Waals surface area contributed by atoms with Gasteiger partial charge in [0, 0.05) is 106 Å². The third-order valence-corrected chi connectivity index (χ3v) is 16.1. The fourth-order valence-electron chi connectivity index (χ4n) is 11.9. The van der Waals surface area contributed by atoms with Crippen molar-refractivity contribution in [2.75, 3.05) is 61.4 Å². The molecule has 8 heterocycles. The van der Waals surface area contributed by atoms with Crippen molar-refractivity contribution in [2.45, 2.75) is 127 Å². The van der Waals surface area contributed by atoms with Crippen LogP contribution in [0.15, 0.2) is 94.3 Å². The van der Waals surface area contributed by atoms with Crippen molar-refractivity contribution in [2.24, 2.45) is 5.92 Å². The molecule has 0 spiro atoms. The maximum Gasteiger partial charge on any atom is 0.254 e. The van der Waals surface area contributed by atoms with Gasteiger partial charge in [-0.25, -0.2) is 9.97 Å². The smallest absolute Gasteiger partial charge is 0.254 e. The topological polar surface area (TPSA) is 244 Å². The maximum atomic E-state index is 14.2. The number of carbonyl (C=O) groups is 2. The fourth-order valence-corrected chi connectivity index (χ4v) is 11.9. The van der Waals surface area contributed by atoms with Gasteiger partial charge in [0.2, 0.25) is 17.7 Å². The Balaban J connectivity index is 0.601. The van der Waals surface area contributed by atoms with E-state index >= 15 is 0 Å². The van der Waals surface area contributed by atoms with Crippen molar-refractivity contribution >= 4 is 29.0 Å². The van der Waals surface area contributed by atoms with E-state index in [1.807, 2.05) is 76.4 Å². The first-order valence-corrected chi connectivity index (χ1v) is 27.2. The number of piperidine rings is 1. The number of carbonyl (C=O) groups excluding carboxylic acids is 2. The van der Waals surface area contributed by atoms with Gasteiger partial charge in [-0.05, 0) is 80.4 Å². The molecule has 1 unspecified atom stereocenters. The van der Waals surface area contributed by atoms with Crippen molar-refractivity contribution in [3.05, 3.63) is 102 Å². The molecule has 2 aromatic carbocycles. The standard InChI is InChI=1S/C57H69N11O9/c1-33(2)53(57(72)67-31-41(69)24-48(67)56(71)61-34(3)36-9-11-37(12-10-36)54-35(4)60-32-74-54)50-28-52(64-77-50)73-22-21-65-19-16-42(17-20-65)75-43-25-44(26-43)76-51-23-38(15-18-59-51)68-39-13-14-40(68)30-66(29-39)47-27-46(62-63-55(47)58)45-7-5-6-8-49(45)70/h5-12,15,18,23,27-28,32-34,39-44,48,53,69-70H,13-14,16-17,19-22,24-26,29-31H2,1-4H3,(H2,58,63)(H,61,71)/t34-,39+,40?,41+,43?,44?,48-,53-/m0/s1. The lowest BCUT2D eigenvalue weighted by molar-refractivity contribution is -0.141. The second-order valence-corrected chi connectivity index (χ2v) is 21.7. The summed E-state index contributed by atoms with van der Waals surface area (Å²) in [6.07, 6.45) is 8.59. The zero-order valence-electron chi connectivity index (χ0n) is 44.1. The Kier molecular flexibility index (Phi) is 15.0. The summed E-state index contributed by atoms with van der Waals surface area (Å²) in [7, 11) is 0. The fraction of sp³-hybridized carbons (Fsp3) is 0.491. The molecule has 4 aliphatic heterocycles. The number of aromatic hydroxyl groups is 1. The maximum absolute atomic E-state index is 14.2. The number of aliphatic hydroxyl groups excluding tert-OH is 1. The predicted molar refractivity (Wildman–Crippen MR) is 286 cm³/mol. The highest BCUT2D eigenvalue weighted by molar-refractivity contribution is 5.91. The number of rotatable bonds is 18. The minimum Gasteiger partial charge on any atom is -0.507 e. The number of nitrogen functional groups attached to an aromatic ring is 1. The van der Waals surface area contributed by atoms with E-state index in [9.17, 15) is 19.8 Å². The molecule has 77 heavy (non-hydrogen) atoms. The molecule has 406 valence electrons. The number of phenolic OH excluding ortho intramolecular Hbond substituents is 1. The minimum absolute atomic E-state index is 0.0413. The van der Waals surface area contributed by atoms with E-state index in [1.54, 1.807) is 18.2 Å². The van der Waals surface area contributed by atoms with Crippen molar-refractivity contribution < 1.29 is 43.0 Å². The average Bonchev–Trinajstić information content (AvgIpc) is 4.22. The Bertz CT molecular complexity index is 3000. The van der Waals surface area contributed by atoms with Crippen LogP contribution in [0.5, 0.6) is 17.5 Å². The molecule has 5 fully saturated rings. The van der Waals surface area contributed by atoms with Gasteiger partial charge in [0.1, 0.15) is 30.4 Å². The number of piperazine rings is 1. The van der Waals surface area contributed by atoms with Crippen LogP contribution in [0.25, 0.3) is 22.6 Å². The van der Waals surface area contributed by atoms with Crippen LogP contribution in [0.3, 0.4) is 0 Å². The molecule has 4 saturated heterocycles. The Labute approximate surface area is 447 Å². The highest BCUT2D eigenvalue weighted by Crippen LogP contribution is 2.41. The second kappa shape index (κ2) is 22.4. The molecular weight excluding hydrogens is 983 g/mol. The van der Waals surface area contributed by atoms with Gasteiger partial charge < -0.3 is 59.1 Å². The number of aliphatic hydroxyl groups is 1. The molecule has 6 atom stereocenters. The first-order chi connectivity index (χ1) is 37.3. The van der Waals surface area contributed by atoms with Gasteiger partial charge in [0.15, 0.2) is 23.7 Å². The van der Waals surface area contributed by atoms with Crippen LogP contribution in [-0.4, -0.2) is 146 Å². The average molecular weight is 1050 g/mol. The Morgan fingerprint density at radius 1 is 0.870 bits per heavy atom. The first-order valence-electron chi connectivity index (χ1n) is 27.2. The number of aromatic nitrogens is 5. The summed E-state index contributed by atoms with van der Waals surface area (Å²) in [6, 6.07) is 22.0. The molecule has 4 aromatic heterocycles. The van der Waals surface area contributed by atoms with Crippen LogP contribution in [0, 0.1) is 12.8 Å². The number of nitrogens with one attached hydrogen (secondary N) is 1. The molecule has 0 radical (unpaired) electrons. The number of β-amino-alcohol motifs (C(OH)–C–C–N with tert-alkyl or cyclic N) is 1. The summed E-state index contributed by atoms with van der Waals surface area (Å²) < 4.78 is 30.3. The molecular formula is C57H69N11O9. The number of oxazole rings is 1. The number of aryl methyl sites for hydroxylation is 1. The molecule has 2 amide bonds. The molecule has 5 aliphatic rings. The van der Waals surface area contributed by atoms with Gasteiger partial charge in [-0.3, -0.25) is 14.5 Å². The van der Waals surface area contributed by atoms with E-state index in [4.69, 9.17) is 28.9 Å². The van der Waals surface area contributed by atoms with Gasteiger partial charge >= 0.3 is 0 Å². The number of anilines is 3. The normalized spacial score (nSPS) is 23.5. The number of phenols is 1. The molecule has 1 aliphatic carbocycles. The third kappa shape index (κ3) is 11.3. The lowest BCUT2D eigenvalue weighted by Gasteiger charge is -2.43. The highest BCUT2D eigenvalue weighted by Gasteiger charge is 2.45. The SMILES string of the molecule is Cc1ncoc1-c1ccc([C@H](C)NC(=O)[C@@H]2C[C@@H](O)CN2C(=O)[C@H](c2cc(OCCN3CCC(OC4CC(Oc5cc(N6C7CC[C@@H]6CN(c6cc(-c8ccccc8O)nnc6N)C7)ccn5)C4)CC3)no2)C(C)C)cc1. The van der Waals surface area contributed by atoms with Crippen LogP contribution >= 0.6 is 0 Å². The van der Waals surface area contributed by atoms with Gasteiger partial charge in [-0.1, -0.05) is 50.2 Å². The first kappa shape index (κ1) is 51.8. The zero-order valence-corrected chi connectivity index (χ0v) is 44.1.